The van der Waals surface area contributed by atoms with Gasteiger partial charge in [0.25, 0.3) is 0 Å². The topological polar surface area (TPSA) is 173 Å². The predicted octanol–water partition coefficient (Wildman–Crippen LogP) is 4.15. The SMILES string of the molecule is C=N/C=C(/F)C(=NCc1cn2cc(C3CC3)cc(N(C=O)CC(=O)N(C)CCOCc3ccccc3)c2n1)NC(=O)C1CC1.CN.Cc1ccncn1. The first-order valence-corrected chi connectivity index (χ1v) is 17.3. The highest BCUT2D eigenvalue weighted by Crippen LogP contribution is 2.41. The third-order valence-electron chi connectivity index (χ3n) is 8.25. The molecule has 15 heteroatoms. The molecule has 0 saturated heterocycles. The Balaban J connectivity index is 0.000000617. The van der Waals surface area contributed by atoms with Crippen LogP contribution >= 0.6 is 0 Å². The van der Waals surface area contributed by atoms with E-state index in [4.69, 9.17) is 4.74 Å². The molecule has 3 N–H and O–H groups in total. The van der Waals surface area contributed by atoms with Gasteiger partial charge in [0.1, 0.15) is 12.9 Å². The van der Waals surface area contributed by atoms with Crippen molar-refractivity contribution in [2.24, 2.45) is 21.6 Å². The molecule has 0 aliphatic heterocycles. The number of hydrogen-bond acceptors (Lipinski definition) is 10. The van der Waals surface area contributed by atoms with Crippen LogP contribution < -0.4 is 16.0 Å². The fourth-order valence-electron chi connectivity index (χ4n) is 5.01. The van der Waals surface area contributed by atoms with Crippen molar-refractivity contribution in [3.8, 4) is 0 Å². The van der Waals surface area contributed by atoms with Crippen molar-refractivity contribution in [2.45, 2.75) is 51.7 Å². The summed E-state index contributed by atoms with van der Waals surface area (Å²) in [4.78, 5) is 60.6. The van der Waals surface area contributed by atoms with Gasteiger partial charge >= 0.3 is 0 Å². The van der Waals surface area contributed by atoms with E-state index in [9.17, 15) is 18.8 Å². The highest BCUT2D eigenvalue weighted by Gasteiger charge is 2.31. The van der Waals surface area contributed by atoms with E-state index in [1.165, 1.54) is 23.2 Å². The van der Waals surface area contributed by atoms with E-state index >= 15 is 0 Å². The van der Waals surface area contributed by atoms with Crippen molar-refractivity contribution in [1.29, 1.82) is 0 Å². The maximum Gasteiger partial charge on any atom is 0.242 e. The smallest absolute Gasteiger partial charge is 0.242 e. The molecule has 0 atom stereocenters. The van der Waals surface area contributed by atoms with Crippen LogP contribution in [0.3, 0.4) is 0 Å². The first-order valence-electron chi connectivity index (χ1n) is 17.3. The highest BCUT2D eigenvalue weighted by molar-refractivity contribution is 6.07. The number of amides is 3. The quantitative estimate of drug-likeness (QED) is 0.0796. The number of aliphatic imine (C=N–C) groups is 2. The van der Waals surface area contributed by atoms with Gasteiger partial charge in [0.05, 0.1) is 37.3 Å². The predicted molar refractivity (Wildman–Crippen MR) is 202 cm³/mol. The summed E-state index contributed by atoms with van der Waals surface area (Å²) in [6, 6.07) is 13.5. The molecule has 280 valence electrons. The lowest BCUT2D eigenvalue weighted by Gasteiger charge is -2.23. The second-order valence-corrected chi connectivity index (χ2v) is 12.4. The number of aromatic nitrogens is 4. The molecule has 3 amide bonds. The third kappa shape index (κ3) is 12.5. The lowest BCUT2D eigenvalue weighted by atomic mass is 10.1. The van der Waals surface area contributed by atoms with Crippen molar-refractivity contribution >= 4 is 42.1 Å². The first kappa shape index (κ1) is 40.1. The summed E-state index contributed by atoms with van der Waals surface area (Å²) < 4.78 is 22.1. The summed E-state index contributed by atoms with van der Waals surface area (Å²) >= 11 is 0. The molecule has 6 rings (SSSR count). The number of benzene rings is 1. The highest BCUT2D eigenvalue weighted by atomic mass is 19.1. The standard InChI is InChI=1S/C32H36FN7O4.C5H6N2.CH5N/c1-34-16-27(33)30(37-32(43)24-10-11-24)35-15-26-18-39-17-25(23-8-9-23)14-28(31(39)36-26)40(21-41)19-29(42)38(2)12-13-44-20-22-6-4-3-5-7-22;1-5-2-3-6-4-7-5;1-2/h3-7,14,16-18,21,23-24H,1,8-13,15,19-20H2,2H3,(H,35,37,43);2-4H,1H3;2H2,1H3/b27-16+;;. The molecule has 2 aliphatic carbocycles. The third-order valence-corrected chi connectivity index (χ3v) is 8.25. The molecular weight excluding hydrogens is 679 g/mol. The number of nitrogens with zero attached hydrogens (tertiary/aromatic N) is 8. The summed E-state index contributed by atoms with van der Waals surface area (Å²) in [6.45, 7) is 6.15. The normalized spacial score (nSPS) is 13.9. The minimum absolute atomic E-state index is 0.0374. The number of halogens is 1. The Kier molecular flexibility index (Phi) is 15.4. The number of anilines is 1. The second-order valence-electron chi connectivity index (χ2n) is 12.4. The molecule has 53 heavy (non-hydrogen) atoms. The van der Waals surface area contributed by atoms with Gasteiger partial charge in [0.15, 0.2) is 17.3 Å². The number of aryl methyl sites for hydroxylation is 1. The average Bonchev–Trinajstić information content (AvgIpc) is 4.12. The summed E-state index contributed by atoms with van der Waals surface area (Å²) in [7, 11) is 3.17. The molecule has 2 aliphatic rings. The van der Waals surface area contributed by atoms with Crippen LogP contribution in [-0.2, 0) is 32.3 Å². The summed E-state index contributed by atoms with van der Waals surface area (Å²) in [5.74, 6) is -1.36. The Labute approximate surface area is 308 Å². The van der Waals surface area contributed by atoms with E-state index in [1.54, 1.807) is 23.8 Å². The van der Waals surface area contributed by atoms with E-state index in [-0.39, 0.29) is 36.7 Å². The number of ether oxygens (including phenoxy) is 1. The number of fused-ring (bicyclic) bond motifs is 1. The van der Waals surface area contributed by atoms with E-state index < -0.39 is 5.83 Å². The van der Waals surface area contributed by atoms with Crippen molar-refractivity contribution < 1.29 is 23.5 Å². The van der Waals surface area contributed by atoms with Crippen LogP contribution in [0.1, 0.15) is 54.1 Å². The molecule has 0 spiro atoms. The summed E-state index contributed by atoms with van der Waals surface area (Å²) in [5.41, 5.74) is 9.03. The van der Waals surface area contributed by atoms with E-state index in [0.717, 1.165) is 48.7 Å². The number of carbonyl (C=O) groups is 3. The van der Waals surface area contributed by atoms with Gasteiger partial charge in [0.2, 0.25) is 18.2 Å². The Morgan fingerprint density at radius 1 is 1.15 bits per heavy atom. The lowest BCUT2D eigenvalue weighted by molar-refractivity contribution is -0.129. The molecule has 3 aromatic heterocycles. The van der Waals surface area contributed by atoms with Crippen LogP contribution in [0.15, 0.2) is 89.4 Å². The van der Waals surface area contributed by atoms with Gasteiger partial charge in [-0.1, -0.05) is 30.3 Å². The minimum atomic E-state index is -0.810. The van der Waals surface area contributed by atoms with Gasteiger partial charge in [-0.25, -0.2) is 19.3 Å². The summed E-state index contributed by atoms with van der Waals surface area (Å²) in [6.07, 6.45) is 12.1. The fourth-order valence-corrected chi connectivity index (χ4v) is 5.01. The van der Waals surface area contributed by atoms with Crippen LogP contribution in [0.4, 0.5) is 10.1 Å². The van der Waals surface area contributed by atoms with E-state index in [2.05, 4.69) is 42.7 Å². The van der Waals surface area contributed by atoms with Crippen LogP contribution in [0.25, 0.3) is 5.65 Å². The zero-order chi connectivity index (χ0) is 38.2. The van der Waals surface area contributed by atoms with Gasteiger partial charge in [-0.3, -0.25) is 24.4 Å². The largest absolute Gasteiger partial charge is 0.375 e. The Bertz CT molecular complexity index is 1880. The molecule has 4 aromatic rings. The number of nitrogens with one attached hydrogen (secondary N) is 1. The number of imidazole rings is 1. The maximum atomic E-state index is 14.6. The van der Waals surface area contributed by atoms with Crippen LogP contribution in [0, 0.1) is 12.8 Å². The van der Waals surface area contributed by atoms with Crippen molar-refractivity contribution in [3.63, 3.8) is 0 Å². The average molecular weight is 727 g/mol. The Hall–Kier alpha value is -5.67. The number of amidine groups is 1. The molecule has 0 unspecified atom stereocenters. The number of pyridine rings is 1. The van der Waals surface area contributed by atoms with Gasteiger partial charge < -0.3 is 30.0 Å². The Morgan fingerprint density at radius 2 is 1.91 bits per heavy atom. The van der Waals surface area contributed by atoms with Crippen LogP contribution in [0.2, 0.25) is 0 Å². The lowest BCUT2D eigenvalue weighted by Crippen LogP contribution is -2.39. The monoisotopic (exact) mass is 726 g/mol. The van der Waals surface area contributed by atoms with Gasteiger partial charge in [-0.15, -0.1) is 0 Å². The van der Waals surface area contributed by atoms with Crippen molar-refractivity contribution in [2.75, 3.05) is 38.7 Å². The number of carbonyl (C=O) groups excluding carboxylic acids is 3. The number of hydrogen-bond donors (Lipinski definition) is 2. The van der Waals surface area contributed by atoms with E-state index in [1.807, 2.05) is 55.6 Å². The van der Waals surface area contributed by atoms with Crippen molar-refractivity contribution in [1.82, 2.24) is 29.6 Å². The first-order chi connectivity index (χ1) is 25.7. The number of rotatable bonds is 15. The minimum Gasteiger partial charge on any atom is -0.375 e. The number of likely N-dealkylation sites (N-methyl/N-ethyl adjacent to an activating group) is 1. The molecule has 0 bridgehead atoms. The van der Waals surface area contributed by atoms with Crippen LogP contribution in [0.5, 0.6) is 0 Å². The molecule has 1 aromatic carbocycles. The maximum absolute atomic E-state index is 14.6. The molecule has 14 nitrogen and oxygen atoms in total. The zero-order valence-corrected chi connectivity index (χ0v) is 30.4. The zero-order valence-electron chi connectivity index (χ0n) is 30.4. The molecule has 2 fully saturated rings. The fraction of sp³-hybridized carbons (Fsp3) is 0.368. The Morgan fingerprint density at radius 3 is 2.51 bits per heavy atom. The van der Waals surface area contributed by atoms with Gasteiger partial charge in [-0.2, -0.15) is 0 Å². The van der Waals surface area contributed by atoms with E-state index in [0.29, 0.717) is 49.1 Å². The second kappa shape index (κ2) is 20.4. The van der Waals surface area contributed by atoms with Gasteiger partial charge in [0, 0.05) is 43.8 Å². The number of nitrogens with two attached hydrogens (primary N) is 1. The summed E-state index contributed by atoms with van der Waals surface area (Å²) in [5, 5.41) is 2.54. The molecule has 2 saturated carbocycles. The molecule has 3 heterocycles. The molecular formula is C38H47FN10O4. The molecule has 0 radical (unpaired) electrons. The van der Waals surface area contributed by atoms with Gasteiger partial charge in [-0.05, 0) is 75.5 Å². The van der Waals surface area contributed by atoms with Crippen LogP contribution in [-0.4, -0.2) is 88.8 Å². The van der Waals surface area contributed by atoms with Crippen molar-refractivity contribution in [3.05, 3.63) is 102 Å².